The molecule has 5 heteroatoms. The second-order valence-electron chi connectivity index (χ2n) is 4.59. The van der Waals surface area contributed by atoms with Crippen molar-refractivity contribution < 1.29 is 9.90 Å². The van der Waals surface area contributed by atoms with E-state index in [1.165, 1.54) is 0 Å². The topological polar surface area (TPSA) is 77.2 Å². The third-order valence-corrected chi connectivity index (χ3v) is 3.72. The van der Waals surface area contributed by atoms with E-state index in [1.807, 2.05) is 24.0 Å². The molecule has 0 amide bonds. The number of aromatic nitrogens is 1. The zero-order valence-corrected chi connectivity index (χ0v) is 10.3. The molecular formula is C13H15N3O2. The molecule has 0 radical (unpaired) electrons. The Kier molecular flexibility index (Phi) is 3.19. The molecule has 0 aromatic carbocycles. The van der Waals surface area contributed by atoms with E-state index in [9.17, 15) is 9.90 Å². The van der Waals surface area contributed by atoms with Crippen LogP contribution in [-0.4, -0.2) is 29.1 Å². The van der Waals surface area contributed by atoms with E-state index in [1.54, 1.807) is 12.3 Å². The van der Waals surface area contributed by atoms with E-state index in [4.69, 9.17) is 5.26 Å². The smallest absolute Gasteiger partial charge is 0.311 e. The summed E-state index contributed by atoms with van der Waals surface area (Å²) in [6, 6.07) is 5.63. The van der Waals surface area contributed by atoms with Gasteiger partial charge in [0.1, 0.15) is 6.07 Å². The zero-order valence-electron chi connectivity index (χ0n) is 10.3. The van der Waals surface area contributed by atoms with Crippen LogP contribution in [0.3, 0.4) is 0 Å². The van der Waals surface area contributed by atoms with Crippen LogP contribution < -0.4 is 4.90 Å². The molecule has 1 aromatic heterocycles. The standard InChI is InChI=1S/C13H15N3O2/c1-2-13(12(17)18)5-7-16(9-13)11-4-3-6-15-10(11)8-14/h3-4,6H,2,5,7,9H2,1H3,(H,17,18). The fourth-order valence-corrected chi connectivity index (χ4v) is 2.43. The number of nitriles is 1. The van der Waals surface area contributed by atoms with Crippen LogP contribution in [0.25, 0.3) is 0 Å². The molecule has 2 rings (SSSR count). The molecule has 5 nitrogen and oxygen atoms in total. The molecule has 1 atom stereocenters. The molecule has 1 aliphatic rings. The molecular weight excluding hydrogens is 230 g/mol. The maximum atomic E-state index is 11.4. The van der Waals surface area contributed by atoms with Gasteiger partial charge in [-0.1, -0.05) is 6.92 Å². The Morgan fingerprint density at radius 1 is 1.72 bits per heavy atom. The van der Waals surface area contributed by atoms with Crippen molar-refractivity contribution in [2.75, 3.05) is 18.0 Å². The number of hydrogen-bond acceptors (Lipinski definition) is 4. The zero-order chi connectivity index (χ0) is 13.2. The van der Waals surface area contributed by atoms with Crippen molar-refractivity contribution >= 4 is 11.7 Å². The summed E-state index contributed by atoms with van der Waals surface area (Å²) in [4.78, 5) is 17.3. The Labute approximate surface area is 106 Å². The quantitative estimate of drug-likeness (QED) is 0.876. The number of nitrogens with zero attached hydrogens (tertiary/aromatic N) is 3. The van der Waals surface area contributed by atoms with Crippen LogP contribution >= 0.6 is 0 Å². The van der Waals surface area contributed by atoms with Gasteiger partial charge >= 0.3 is 5.97 Å². The molecule has 1 aliphatic heterocycles. The van der Waals surface area contributed by atoms with E-state index in [2.05, 4.69) is 4.98 Å². The molecule has 1 N–H and O–H groups in total. The number of carboxylic acids is 1. The molecule has 0 aliphatic carbocycles. The Morgan fingerprint density at radius 2 is 2.50 bits per heavy atom. The van der Waals surface area contributed by atoms with Crippen LogP contribution in [0.5, 0.6) is 0 Å². The predicted octanol–water partition coefficient (Wildman–Crippen LogP) is 1.64. The van der Waals surface area contributed by atoms with Crippen LogP contribution in [0.4, 0.5) is 5.69 Å². The van der Waals surface area contributed by atoms with Gasteiger partial charge in [-0.05, 0) is 25.0 Å². The second kappa shape index (κ2) is 4.65. The summed E-state index contributed by atoms with van der Waals surface area (Å²) >= 11 is 0. The minimum atomic E-state index is -0.755. The summed E-state index contributed by atoms with van der Waals surface area (Å²) in [6.45, 7) is 2.99. The van der Waals surface area contributed by atoms with E-state index in [0.717, 1.165) is 5.69 Å². The minimum absolute atomic E-state index is 0.356. The van der Waals surface area contributed by atoms with Crippen LogP contribution in [0.2, 0.25) is 0 Å². The van der Waals surface area contributed by atoms with E-state index in [0.29, 0.717) is 31.6 Å². The maximum Gasteiger partial charge on any atom is 0.311 e. The molecule has 0 spiro atoms. The molecule has 1 fully saturated rings. The molecule has 94 valence electrons. The van der Waals surface area contributed by atoms with Crippen LogP contribution in [0, 0.1) is 16.7 Å². The SMILES string of the molecule is CCC1(C(=O)O)CCN(c2cccnc2C#N)C1. The van der Waals surface area contributed by atoms with Gasteiger partial charge < -0.3 is 10.0 Å². The van der Waals surface area contributed by atoms with Gasteiger partial charge in [-0.3, -0.25) is 4.79 Å². The number of hydrogen-bond donors (Lipinski definition) is 1. The van der Waals surface area contributed by atoms with Crippen LogP contribution in [0.15, 0.2) is 18.3 Å². The van der Waals surface area contributed by atoms with E-state index in [-0.39, 0.29) is 0 Å². The fourth-order valence-electron chi connectivity index (χ4n) is 2.43. The summed E-state index contributed by atoms with van der Waals surface area (Å²) < 4.78 is 0. The van der Waals surface area contributed by atoms with Gasteiger partial charge in [-0.25, -0.2) is 4.98 Å². The highest BCUT2D eigenvalue weighted by Crippen LogP contribution is 2.37. The largest absolute Gasteiger partial charge is 0.481 e. The first-order valence-corrected chi connectivity index (χ1v) is 5.96. The average molecular weight is 245 g/mol. The van der Waals surface area contributed by atoms with Gasteiger partial charge in [0.05, 0.1) is 11.1 Å². The summed E-state index contributed by atoms with van der Waals surface area (Å²) in [5.41, 5.74) is 0.397. The molecule has 0 bridgehead atoms. The molecule has 0 saturated carbocycles. The third kappa shape index (κ3) is 1.90. The van der Waals surface area contributed by atoms with Crippen molar-refractivity contribution in [2.24, 2.45) is 5.41 Å². The summed E-state index contributed by atoms with van der Waals surface area (Å²) in [6.07, 6.45) is 2.78. The second-order valence-corrected chi connectivity index (χ2v) is 4.59. The number of carbonyl (C=O) groups is 1. The minimum Gasteiger partial charge on any atom is -0.481 e. The maximum absolute atomic E-state index is 11.4. The lowest BCUT2D eigenvalue weighted by molar-refractivity contribution is -0.147. The van der Waals surface area contributed by atoms with Gasteiger partial charge in [-0.15, -0.1) is 0 Å². The van der Waals surface area contributed by atoms with E-state index >= 15 is 0 Å². The lowest BCUT2D eigenvalue weighted by Gasteiger charge is -2.24. The highest BCUT2D eigenvalue weighted by atomic mass is 16.4. The Bertz CT molecular complexity index is 509. The van der Waals surface area contributed by atoms with Crippen molar-refractivity contribution in [1.29, 1.82) is 5.26 Å². The lowest BCUT2D eigenvalue weighted by atomic mass is 9.84. The Hall–Kier alpha value is -2.09. The number of pyridine rings is 1. The Morgan fingerprint density at radius 3 is 3.06 bits per heavy atom. The van der Waals surface area contributed by atoms with Crippen LogP contribution in [-0.2, 0) is 4.79 Å². The lowest BCUT2D eigenvalue weighted by Crippen LogP contribution is -2.34. The average Bonchev–Trinajstić information content (AvgIpc) is 2.84. The summed E-state index contributed by atoms with van der Waals surface area (Å²) in [5.74, 6) is -0.755. The molecule has 1 unspecified atom stereocenters. The van der Waals surface area contributed by atoms with Gasteiger partial charge in [0, 0.05) is 19.3 Å². The Balaban J connectivity index is 2.29. The molecule has 18 heavy (non-hydrogen) atoms. The molecule has 1 saturated heterocycles. The van der Waals surface area contributed by atoms with Gasteiger partial charge in [0.15, 0.2) is 5.69 Å². The van der Waals surface area contributed by atoms with Gasteiger partial charge in [-0.2, -0.15) is 5.26 Å². The van der Waals surface area contributed by atoms with E-state index < -0.39 is 11.4 Å². The fraction of sp³-hybridized carbons (Fsp3) is 0.462. The number of rotatable bonds is 3. The molecule has 1 aromatic rings. The first kappa shape index (κ1) is 12.4. The highest BCUT2D eigenvalue weighted by Gasteiger charge is 2.43. The summed E-state index contributed by atoms with van der Waals surface area (Å²) in [7, 11) is 0. The summed E-state index contributed by atoms with van der Waals surface area (Å²) in [5, 5.41) is 18.4. The normalized spacial score (nSPS) is 22.8. The van der Waals surface area contributed by atoms with Crippen molar-refractivity contribution in [1.82, 2.24) is 4.98 Å². The number of aliphatic carboxylic acids is 1. The van der Waals surface area contributed by atoms with Gasteiger partial charge in [0.25, 0.3) is 0 Å². The van der Waals surface area contributed by atoms with Crippen molar-refractivity contribution in [3.05, 3.63) is 24.0 Å². The highest BCUT2D eigenvalue weighted by molar-refractivity contribution is 5.77. The predicted molar refractivity (Wildman–Crippen MR) is 66.1 cm³/mol. The van der Waals surface area contributed by atoms with Crippen molar-refractivity contribution in [3.8, 4) is 6.07 Å². The van der Waals surface area contributed by atoms with Gasteiger partial charge in [0.2, 0.25) is 0 Å². The number of anilines is 1. The first-order valence-electron chi connectivity index (χ1n) is 5.96. The van der Waals surface area contributed by atoms with Crippen LogP contribution in [0.1, 0.15) is 25.5 Å². The van der Waals surface area contributed by atoms with Crippen molar-refractivity contribution in [3.63, 3.8) is 0 Å². The monoisotopic (exact) mass is 245 g/mol. The third-order valence-electron chi connectivity index (χ3n) is 3.72. The molecule has 2 heterocycles. The first-order chi connectivity index (χ1) is 8.63. The van der Waals surface area contributed by atoms with Crippen molar-refractivity contribution in [2.45, 2.75) is 19.8 Å². The number of carboxylic acid groups (broad SMARTS) is 1.